The molecule has 0 fully saturated rings. The molecular formula is C19H28N2O4. The van der Waals surface area contributed by atoms with Crippen LogP contribution in [0.3, 0.4) is 0 Å². The van der Waals surface area contributed by atoms with Crippen molar-refractivity contribution in [2.45, 2.75) is 53.6 Å². The quantitative estimate of drug-likeness (QED) is 0.411. The normalized spacial score (nSPS) is 11.8. The van der Waals surface area contributed by atoms with Gasteiger partial charge in [0, 0.05) is 30.8 Å². The van der Waals surface area contributed by atoms with Crippen LogP contribution < -0.4 is 0 Å². The van der Waals surface area contributed by atoms with Crippen molar-refractivity contribution in [1.82, 2.24) is 9.47 Å². The van der Waals surface area contributed by atoms with E-state index in [1.54, 1.807) is 31.4 Å². The highest BCUT2D eigenvalue weighted by Gasteiger charge is 2.31. The predicted molar refractivity (Wildman–Crippen MR) is 96.9 cm³/mol. The largest absolute Gasteiger partial charge is 0.464 e. The Morgan fingerprint density at radius 3 is 2.32 bits per heavy atom. The number of carbonyl (C=O) groups is 3. The van der Waals surface area contributed by atoms with Crippen LogP contribution in [-0.2, 0) is 16.1 Å². The van der Waals surface area contributed by atoms with Gasteiger partial charge in [-0.15, -0.1) is 6.58 Å². The first-order chi connectivity index (χ1) is 11.8. The van der Waals surface area contributed by atoms with Crippen LogP contribution in [0.15, 0.2) is 12.7 Å². The molecule has 1 amide bonds. The molecule has 0 aliphatic rings. The second kappa shape index (κ2) is 8.65. The molecular weight excluding hydrogens is 320 g/mol. The zero-order valence-electron chi connectivity index (χ0n) is 16.0. The van der Waals surface area contributed by atoms with Crippen LogP contribution in [0.5, 0.6) is 0 Å². The van der Waals surface area contributed by atoms with Crippen LogP contribution >= 0.6 is 0 Å². The SMILES string of the molecule is C=CCN(C(=O)CC)[C@H](C)C(=O)c1c(C)c(C(=O)OC)n(CC)c1C. The Hall–Kier alpha value is -2.37. The lowest BCUT2D eigenvalue weighted by Crippen LogP contribution is -2.43. The van der Waals surface area contributed by atoms with Crippen molar-refractivity contribution >= 4 is 17.7 Å². The highest BCUT2D eigenvalue weighted by Crippen LogP contribution is 2.25. The second-order valence-corrected chi connectivity index (χ2v) is 5.90. The Bertz CT molecular complexity index is 688. The Morgan fingerprint density at radius 2 is 1.88 bits per heavy atom. The van der Waals surface area contributed by atoms with E-state index in [2.05, 4.69) is 6.58 Å². The predicted octanol–water partition coefficient (Wildman–Crippen LogP) is 2.91. The number of hydrogen-bond acceptors (Lipinski definition) is 4. The highest BCUT2D eigenvalue weighted by atomic mass is 16.5. The molecule has 138 valence electrons. The average molecular weight is 348 g/mol. The Balaban J connectivity index is 3.42. The van der Waals surface area contributed by atoms with Gasteiger partial charge < -0.3 is 14.2 Å². The molecule has 0 aliphatic carbocycles. The third kappa shape index (κ3) is 3.83. The van der Waals surface area contributed by atoms with E-state index < -0.39 is 12.0 Å². The molecule has 6 heteroatoms. The molecule has 0 bridgehead atoms. The van der Waals surface area contributed by atoms with E-state index in [1.165, 1.54) is 12.0 Å². The van der Waals surface area contributed by atoms with Gasteiger partial charge in [0.25, 0.3) is 0 Å². The number of aromatic nitrogens is 1. The van der Waals surface area contributed by atoms with Crippen molar-refractivity contribution in [3.63, 3.8) is 0 Å². The number of rotatable bonds is 8. The molecule has 0 saturated carbocycles. The van der Waals surface area contributed by atoms with E-state index in [1.807, 2.05) is 13.8 Å². The van der Waals surface area contributed by atoms with E-state index >= 15 is 0 Å². The van der Waals surface area contributed by atoms with Crippen LogP contribution in [0.4, 0.5) is 0 Å². The Morgan fingerprint density at radius 1 is 1.28 bits per heavy atom. The second-order valence-electron chi connectivity index (χ2n) is 5.90. The Labute approximate surface area is 149 Å². The van der Waals surface area contributed by atoms with Gasteiger partial charge >= 0.3 is 5.97 Å². The summed E-state index contributed by atoms with van der Waals surface area (Å²) in [7, 11) is 1.32. The number of methoxy groups -OCH3 is 1. The van der Waals surface area contributed by atoms with Crippen molar-refractivity contribution in [1.29, 1.82) is 0 Å². The molecule has 1 heterocycles. The van der Waals surface area contributed by atoms with Gasteiger partial charge in [0.2, 0.25) is 5.91 Å². The summed E-state index contributed by atoms with van der Waals surface area (Å²) in [4.78, 5) is 38.9. The van der Waals surface area contributed by atoms with Crippen molar-refractivity contribution in [2.24, 2.45) is 0 Å². The number of ether oxygens (including phenoxy) is 1. The lowest BCUT2D eigenvalue weighted by Gasteiger charge is -2.27. The third-order valence-corrected chi connectivity index (χ3v) is 4.50. The fourth-order valence-corrected chi connectivity index (χ4v) is 3.18. The minimum Gasteiger partial charge on any atom is -0.464 e. The molecule has 0 aliphatic heterocycles. The lowest BCUT2D eigenvalue weighted by atomic mass is 9.99. The number of nitrogens with zero attached hydrogens (tertiary/aromatic N) is 2. The molecule has 6 nitrogen and oxygen atoms in total. The van der Waals surface area contributed by atoms with Crippen molar-refractivity contribution < 1.29 is 19.1 Å². The topological polar surface area (TPSA) is 68.6 Å². The van der Waals surface area contributed by atoms with Crippen LogP contribution in [0.25, 0.3) is 0 Å². The van der Waals surface area contributed by atoms with Gasteiger partial charge in [-0.2, -0.15) is 0 Å². The molecule has 0 N–H and O–H groups in total. The fraction of sp³-hybridized carbons (Fsp3) is 0.526. The van der Waals surface area contributed by atoms with Crippen molar-refractivity contribution in [3.8, 4) is 0 Å². The van der Waals surface area contributed by atoms with Gasteiger partial charge in [-0.1, -0.05) is 13.0 Å². The molecule has 0 unspecified atom stereocenters. The van der Waals surface area contributed by atoms with Gasteiger partial charge in [0.15, 0.2) is 5.78 Å². The maximum absolute atomic E-state index is 13.1. The number of ketones is 1. The molecule has 0 spiro atoms. The van der Waals surface area contributed by atoms with Crippen LogP contribution in [-0.4, -0.2) is 46.8 Å². The molecule has 25 heavy (non-hydrogen) atoms. The first-order valence-corrected chi connectivity index (χ1v) is 8.49. The van der Waals surface area contributed by atoms with Gasteiger partial charge in [0.05, 0.1) is 13.2 Å². The zero-order chi connectivity index (χ0) is 19.3. The minimum absolute atomic E-state index is 0.112. The van der Waals surface area contributed by atoms with E-state index in [0.717, 1.165) is 0 Å². The molecule has 1 aromatic rings. The standard InChI is InChI=1S/C19H28N2O4/c1-8-11-21(15(22)9-2)14(6)18(23)16-12(4)17(19(24)25-7)20(10-3)13(16)5/h8,14H,1,9-11H2,2-7H3/t14-/m1/s1. The summed E-state index contributed by atoms with van der Waals surface area (Å²) in [6.45, 7) is 13.4. The summed E-state index contributed by atoms with van der Waals surface area (Å²) >= 11 is 0. The number of esters is 1. The van der Waals surface area contributed by atoms with Crippen LogP contribution in [0.1, 0.15) is 59.3 Å². The smallest absolute Gasteiger partial charge is 0.354 e. The summed E-state index contributed by atoms with van der Waals surface area (Å²) in [6.07, 6.45) is 1.92. The minimum atomic E-state index is -0.638. The molecule has 0 aromatic carbocycles. The molecule has 1 aromatic heterocycles. The van der Waals surface area contributed by atoms with Gasteiger partial charge in [-0.25, -0.2) is 4.79 Å². The Kier molecular flexibility index (Phi) is 7.15. The summed E-state index contributed by atoms with van der Waals surface area (Å²) < 4.78 is 6.64. The number of carbonyl (C=O) groups excluding carboxylic acids is 3. The first-order valence-electron chi connectivity index (χ1n) is 8.49. The monoisotopic (exact) mass is 348 g/mol. The highest BCUT2D eigenvalue weighted by molar-refractivity contribution is 6.06. The molecule has 0 radical (unpaired) electrons. The summed E-state index contributed by atoms with van der Waals surface area (Å²) in [6, 6.07) is -0.638. The molecule has 1 rings (SSSR count). The maximum Gasteiger partial charge on any atom is 0.354 e. The third-order valence-electron chi connectivity index (χ3n) is 4.50. The summed E-state index contributed by atoms with van der Waals surface area (Å²) in [5.41, 5.74) is 2.16. The fourth-order valence-electron chi connectivity index (χ4n) is 3.18. The van der Waals surface area contributed by atoms with Crippen molar-refractivity contribution in [2.75, 3.05) is 13.7 Å². The van der Waals surface area contributed by atoms with Crippen molar-refractivity contribution in [3.05, 3.63) is 35.2 Å². The average Bonchev–Trinajstić information content (AvgIpc) is 2.86. The van der Waals surface area contributed by atoms with E-state index in [9.17, 15) is 14.4 Å². The molecule has 0 saturated heterocycles. The van der Waals surface area contributed by atoms with Crippen LogP contribution in [0.2, 0.25) is 0 Å². The molecule has 1 atom stereocenters. The van der Waals surface area contributed by atoms with E-state index in [0.29, 0.717) is 42.0 Å². The van der Waals surface area contributed by atoms with E-state index in [-0.39, 0.29) is 11.7 Å². The summed E-state index contributed by atoms with van der Waals surface area (Å²) in [5, 5.41) is 0. The number of amides is 1. The zero-order valence-corrected chi connectivity index (χ0v) is 16.0. The maximum atomic E-state index is 13.1. The van der Waals surface area contributed by atoms with Crippen LogP contribution in [0, 0.1) is 13.8 Å². The number of Topliss-reactive ketones (excluding diaryl/α,β-unsaturated/α-hetero) is 1. The van der Waals surface area contributed by atoms with Gasteiger partial charge in [-0.3, -0.25) is 9.59 Å². The number of hydrogen-bond donors (Lipinski definition) is 0. The lowest BCUT2D eigenvalue weighted by molar-refractivity contribution is -0.131. The first kappa shape index (κ1) is 20.7. The van der Waals surface area contributed by atoms with Gasteiger partial charge in [0.1, 0.15) is 5.69 Å². The van der Waals surface area contributed by atoms with E-state index in [4.69, 9.17) is 4.74 Å². The van der Waals surface area contributed by atoms with Gasteiger partial charge in [-0.05, 0) is 33.3 Å². The summed E-state index contributed by atoms with van der Waals surface area (Å²) in [5.74, 6) is -0.767.